The Kier molecular flexibility index (Phi) is 5.00. The summed E-state index contributed by atoms with van der Waals surface area (Å²) in [4.78, 5) is 0. The van der Waals surface area contributed by atoms with Gasteiger partial charge in [-0.3, -0.25) is 0 Å². The molecule has 0 unspecified atom stereocenters. The Balaban J connectivity index is 2.51. The highest BCUT2D eigenvalue weighted by molar-refractivity contribution is 7.91. The number of rotatable bonds is 6. The summed E-state index contributed by atoms with van der Waals surface area (Å²) in [5, 5.41) is -0.340. The first-order valence-electron chi connectivity index (χ1n) is 5.89. The van der Waals surface area contributed by atoms with E-state index < -0.39 is 9.84 Å². The van der Waals surface area contributed by atoms with Crippen molar-refractivity contribution in [2.24, 2.45) is 0 Å². The summed E-state index contributed by atoms with van der Waals surface area (Å²) in [5.41, 5.74) is 1.19. The minimum atomic E-state index is -3.01. The van der Waals surface area contributed by atoms with E-state index in [0.717, 1.165) is 12.2 Å². The van der Waals surface area contributed by atoms with Crippen molar-refractivity contribution in [3.63, 3.8) is 0 Å². The van der Waals surface area contributed by atoms with Crippen LogP contribution in [0.1, 0.15) is 26.3 Å². The molecule has 1 aromatic rings. The van der Waals surface area contributed by atoms with Gasteiger partial charge in [0.25, 0.3) is 0 Å². The number of benzene rings is 1. The zero-order chi connectivity index (χ0) is 12.9. The highest BCUT2D eigenvalue weighted by Crippen LogP contribution is 2.14. The second-order valence-corrected chi connectivity index (χ2v) is 6.94. The maximum absolute atomic E-state index is 11.6. The zero-order valence-corrected chi connectivity index (χ0v) is 11.5. The lowest BCUT2D eigenvalue weighted by Crippen LogP contribution is -2.22. The molecule has 0 aromatic heterocycles. The summed E-state index contributed by atoms with van der Waals surface area (Å²) >= 11 is 0. The van der Waals surface area contributed by atoms with Crippen molar-refractivity contribution in [3.05, 3.63) is 29.8 Å². The lowest BCUT2D eigenvalue weighted by molar-refractivity contribution is 0.340. The van der Waals surface area contributed by atoms with Gasteiger partial charge in [-0.15, -0.1) is 0 Å². The summed E-state index contributed by atoms with van der Waals surface area (Å²) < 4.78 is 28.6. The predicted octanol–water partition coefficient (Wildman–Crippen LogP) is 2.45. The monoisotopic (exact) mass is 256 g/mol. The third kappa shape index (κ3) is 4.38. The standard InChI is InChI=1S/C13H20O3S/c1-4-12-6-5-7-13(10-12)16-8-9-17(14,15)11(2)3/h5-7,10-11H,4,8-9H2,1-3H3. The smallest absolute Gasteiger partial charge is 0.155 e. The molecule has 0 heterocycles. The van der Waals surface area contributed by atoms with E-state index in [0.29, 0.717) is 0 Å². The van der Waals surface area contributed by atoms with Crippen LogP contribution in [0.2, 0.25) is 0 Å². The predicted molar refractivity (Wildman–Crippen MR) is 70.2 cm³/mol. The number of hydrogen-bond acceptors (Lipinski definition) is 3. The van der Waals surface area contributed by atoms with Gasteiger partial charge in [-0.2, -0.15) is 0 Å². The van der Waals surface area contributed by atoms with Gasteiger partial charge in [-0.25, -0.2) is 8.42 Å². The largest absolute Gasteiger partial charge is 0.493 e. The molecule has 0 atom stereocenters. The van der Waals surface area contributed by atoms with Crippen molar-refractivity contribution in [2.75, 3.05) is 12.4 Å². The molecule has 0 amide bonds. The van der Waals surface area contributed by atoms with Gasteiger partial charge >= 0.3 is 0 Å². The van der Waals surface area contributed by atoms with Crippen LogP contribution in [0.5, 0.6) is 5.75 Å². The van der Waals surface area contributed by atoms with Gasteiger partial charge in [-0.1, -0.05) is 19.1 Å². The third-order valence-electron chi connectivity index (χ3n) is 2.66. The maximum Gasteiger partial charge on any atom is 0.155 e. The maximum atomic E-state index is 11.6. The summed E-state index contributed by atoms with van der Waals surface area (Å²) in [5.74, 6) is 0.810. The van der Waals surface area contributed by atoms with Crippen LogP contribution < -0.4 is 4.74 Å². The van der Waals surface area contributed by atoms with Crippen LogP contribution in [0, 0.1) is 0 Å². The van der Waals surface area contributed by atoms with E-state index in [2.05, 4.69) is 6.92 Å². The van der Waals surface area contributed by atoms with Crippen molar-refractivity contribution in [1.29, 1.82) is 0 Å². The second kappa shape index (κ2) is 6.05. The molecule has 0 aliphatic carbocycles. The van der Waals surface area contributed by atoms with Crippen molar-refractivity contribution in [3.8, 4) is 5.75 Å². The molecule has 3 nitrogen and oxygen atoms in total. The highest BCUT2D eigenvalue weighted by atomic mass is 32.2. The van der Waals surface area contributed by atoms with Gasteiger partial charge in [0.05, 0.1) is 11.0 Å². The average molecular weight is 256 g/mol. The number of sulfone groups is 1. The fraction of sp³-hybridized carbons (Fsp3) is 0.538. The van der Waals surface area contributed by atoms with Crippen molar-refractivity contribution in [1.82, 2.24) is 0 Å². The van der Waals surface area contributed by atoms with E-state index in [1.807, 2.05) is 24.3 Å². The fourth-order valence-corrected chi connectivity index (χ4v) is 2.15. The molecule has 0 radical (unpaired) electrons. The molecule has 1 rings (SSSR count). The van der Waals surface area contributed by atoms with E-state index in [4.69, 9.17) is 4.74 Å². The summed E-state index contributed by atoms with van der Waals surface area (Å²) in [6.45, 7) is 5.66. The molecule has 4 heteroatoms. The fourth-order valence-electron chi connectivity index (χ4n) is 1.37. The average Bonchev–Trinajstić information content (AvgIpc) is 2.29. The quantitative estimate of drug-likeness (QED) is 0.785. The van der Waals surface area contributed by atoms with E-state index >= 15 is 0 Å². The van der Waals surface area contributed by atoms with Crippen molar-refractivity contribution < 1.29 is 13.2 Å². The Morgan fingerprint density at radius 3 is 2.59 bits per heavy atom. The van der Waals surface area contributed by atoms with Crippen LogP contribution in [-0.4, -0.2) is 26.0 Å². The lowest BCUT2D eigenvalue weighted by atomic mass is 10.2. The molecule has 0 fully saturated rings. The highest BCUT2D eigenvalue weighted by Gasteiger charge is 2.15. The molecule has 17 heavy (non-hydrogen) atoms. The van der Waals surface area contributed by atoms with Crippen molar-refractivity contribution >= 4 is 9.84 Å². The van der Waals surface area contributed by atoms with Crippen LogP contribution >= 0.6 is 0 Å². The van der Waals surface area contributed by atoms with E-state index in [1.165, 1.54) is 5.56 Å². The number of hydrogen-bond donors (Lipinski definition) is 0. The zero-order valence-electron chi connectivity index (χ0n) is 10.6. The molecule has 0 aliphatic rings. The Morgan fingerprint density at radius 1 is 1.29 bits per heavy atom. The second-order valence-electron chi connectivity index (χ2n) is 4.27. The molecule has 0 spiro atoms. The van der Waals surface area contributed by atoms with Gasteiger partial charge in [0.15, 0.2) is 9.84 Å². The molecular formula is C13H20O3S. The Morgan fingerprint density at radius 2 is 2.00 bits per heavy atom. The minimum Gasteiger partial charge on any atom is -0.493 e. The number of ether oxygens (including phenoxy) is 1. The Hall–Kier alpha value is -1.03. The van der Waals surface area contributed by atoms with E-state index in [1.54, 1.807) is 13.8 Å². The van der Waals surface area contributed by atoms with Gasteiger partial charge < -0.3 is 4.74 Å². The van der Waals surface area contributed by atoms with Crippen LogP contribution in [0.15, 0.2) is 24.3 Å². The summed E-state index contributed by atoms with van der Waals surface area (Å²) in [6.07, 6.45) is 0.946. The molecule has 0 bridgehead atoms. The molecule has 0 saturated heterocycles. The van der Waals surface area contributed by atoms with Gasteiger partial charge in [0.2, 0.25) is 0 Å². The molecule has 0 aliphatic heterocycles. The first-order valence-corrected chi connectivity index (χ1v) is 7.60. The lowest BCUT2D eigenvalue weighted by Gasteiger charge is -2.09. The molecule has 0 N–H and O–H groups in total. The molecule has 96 valence electrons. The minimum absolute atomic E-state index is 0.0705. The van der Waals surface area contributed by atoms with Crippen LogP contribution in [0.3, 0.4) is 0 Å². The van der Waals surface area contributed by atoms with Crippen LogP contribution in [-0.2, 0) is 16.3 Å². The van der Waals surface area contributed by atoms with Crippen LogP contribution in [0.4, 0.5) is 0 Å². The summed E-state index contributed by atoms with van der Waals surface area (Å²) in [6, 6.07) is 7.74. The van der Waals surface area contributed by atoms with Gasteiger partial charge in [-0.05, 0) is 38.0 Å². The van der Waals surface area contributed by atoms with Gasteiger partial charge in [0, 0.05) is 0 Å². The van der Waals surface area contributed by atoms with Crippen LogP contribution in [0.25, 0.3) is 0 Å². The Labute approximate surface area is 104 Å². The first kappa shape index (κ1) is 14.0. The topological polar surface area (TPSA) is 43.4 Å². The first-order chi connectivity index (χ1) is 7.95. The molecule has 1 aromatic carbocycles. The molecule has 0 saturated carbocycles. The third-order valence-corrected chi connectivity index (χ3v) is 4.83. The normalized spacial score (nSPS) is 11.8. The SMILES string of the molecule is CCc1cccc(OCCS(=O)(=O)C(C)C)c1. The van der Waals surface area contributed by atoms with E-state index in [-0.39, 0.29) is 17.6 Å². The van der Waals surface area contributed by atoms with E-state index in [9.17, 15) is 8.42 Å². The number of aryl methyl sites for hydroxylation is 1. The van der Waals surface area contributed by atoms with Gasteiger partial charge in [0.1, 0.15) is 12.4 Å². The van der Waals surface area contributed by atoms with Crippen molar-refractivity contribution in [2.45, 2.75) is 32.4 Å². The summed E-state index contributed by atoms with van der Waals surface area (Å²) in [7, 11) is -3.01. The molecular weight excluding hydrogens is 236 g/mol. The Bertz CT molecular complexity index is 449.